The highest BCUT2D eigenvalue weighted by Gasteiger charge is 2.18. The largest absolute Gasteiger partial charge is 0.465 e. The van der Waals surface area contributed by atoms with E-state index in [0.29, 0.717) is 0 Å². The van der Waals surface area contributed by atoms with Gasteiger partial charge in [0, 0.05) is 6.42 Å². The Hall–Kier alpha value is -0.760. The maximum atomic E-state index is 5.68. The van der Waals surface area contributed by atoms with E-state index < -0.39 is 0 Å². The van der Waals surface area contributed by atoms with Crippen molar-refractivity contribution in [2.24, 2.45) is 11.8 Å². The van der Waals surface area contributed by atoms with Crippen LogP contribution in [0.3, 0.4) is 0 Å². The molecular weight excluding hydrogens is 210 g/mol. The third kappa shape index (κ3) is 3.88. The van der Waals surface area contributed by atoms with Gasteiger partial charge in [0.2, 0.25) is 0 Å². The van der Waals surface area contributed by atoms with Gasteiger partial charge in [0.1, 0.15) is 11.5 Å². The van der Waals surface area contributed by atoms with Gasteiger partial charge in [-0.2, -0.15) is 0 Å². The van der Waals surface area contributed by atoms with Gasteiger partial charge < -0.3 is 9.73 Å². The Bertz CT molecular complexity index is 331. The molecule has 0 bridgehead atoms. The third-order valence-electron chi connectivity index (χ3n) is 3.84. The van der Waals surface area contributed by atoms with E-state index in [9.17, 15) is 0 Å². The minimum Gasteiger partial charge on any atom is -0.465 e. The lowest BCUT2D eigenvalue weighted by molar-refractivity contribution is 0.271. The lowest BCUT2D eigenvalue weighted by Crippen LogP contribution is -2.26. The molecule has 0 saturated heterocycles. The van der Waals surface area contributed by atoms with Crippen molar-refractivity contribution in [2.45, 2.75) is 52.5 Å². The molecule has 96 valence electrons. The van der Waals surface area contributed by atoms with E-state index in [0.717, 1.165) is 42.9 Å². The Morgan fingerprint density at radius 3 is 2.82 bits per heavy atom. The summed E-state index contributed by atoms with van der Waals surface area (Å²) in [4.78, 5) is 0. The first kappa shape index (κ1) is 12.7. The van der Waals surface area contributed by atoms with Crippen molar-refractivity contribution < 1.29 is 4.42 Å². The molecule has 0 aliphatic heterocycles. The van der Waals surface area contributed by atoms with Gasteiger partial charge in [0.25, 0.3) is 0 Å². The van der Waals surface area contributed by atoms with Gasteiger partial charge in [-0.05, 0) is 43.4 Å². The van der Waals surface area contributed by atoms with Crippen LogP contribution in [0.25, 0.3) is 0 Å². The SMILES string of the molecule is CCc1ccc(CNCC2CCCC(C)C2)o1. The molecule has 17 heavy (non-hydrogen) atoms. The van der Waals surface area contributed by atoms with Crippen molar-refractivity contribution in [2.75, 3.05) is 6.54 Å². The van der Waals surface area contributed by atoms with Crippen molar-refractivity contribution >= 4 is 0 Å². The van der Waals surface area contributed by atoms with Gasteiger partial charge in [-0.3, -0.25) is 0 Å². The summed E-state index contributed by atoms with van der Waals surface area (Å²) in [5, 5.41) is 3.54. The van der Waals surface area contributed by atoms with E-state index in [2.05, 4.69) is 31.3 Å². The van der Waals surface area contributed by atoms with Gasteiger partial charge in [0.15, 0.2) is 0 Å². The summed E-state index contributed by atoms with van der Waals surface area (Å²) in [6, 6.07) is 4.18. The van der Waals surface area contributed by atoms with E-state index >= 15 is 0 Å². The average molecular weight is 235 g/mol. The molecule has 1 aliphatic carbocycles. The lowest BCUT2D eigenvalue weighted by Gasteiger charge is -2.26. The summed E-state index contributed by atoms with van der Waals surface area (Å²) in [7, 11) is 0. The van der Waals surface area contributed by atoms with Crippen LogP contribution in [-0.4, -0.2) is 6.54 Å². The minimum atomic E-state index is 0.874. The molecule has 1 N–H and O–H groups in total. The number of hydrogen-bond donors (Lipinski definition) is 1. The number of furan rings is 1. The number of hydrogen-bond acceptors (Lipinski definition) is 2. The fourth-order valence-corrected chi connectivity index (χ4v) is 2.85. The number of aryl methyl sites for hydroxylation is 1. The van der Waals surface area contributed by atoms with Crippen molar-refractivity contribution in [1.82, 2.24) is 5.32 Å². The predicted octanol–water partition coefficient (Wildman–Crippen LogP) is 3.76. The molecule has 1 saturated carbocycles. The topological polar surface area (TPSA) is 25.2 Å². The summed E-state index contributed by atoms with van der Waals surface area (Å²) >= 11 is 0. The molecule has 1 fully saturated rings. The number of rotatable bonds is 5. The van der Waals surface area contributed by atoms with Crippen LogP contribution >= 0.6 is 0 Å². The molecule has 0 spiro atoms. The Morgan fingerprint density at radius 2 is 2.12 bits per heavy atom. The minimum absolute atomic E-state index is 0.874. The third-order valence-corrected chi connectivity index (χ3v) is 3.84. The van der Waals surface area contributed by atoms with Crippen LogP contribution < -0.4 is 5.32 Å². The van der Waals surface area contributed by atoms with Gasteiger partial charge >= 0.3 is 0 Å². The zero-order valence-corrected chi connectivity index (χ0v) is 11.2. The Balaban J connectivity index is 1.68. The highest BCUT2D eigenvalue weighted by Crippen LogP contribution is 2.27. The molecular formula is C15H25NO. The lowest BCUT2D eigenvalue weighted by atomic mass is 9.82. The van der Waals surface area contributed by atoms with Crippen LogP contribution in [0.1, 0.15) is 51.1 Å². The fraction of sp³-hybridized carbons (Fsp3) is 0.733. The second-order valence-electron chi connectivity index (χ2n) is 5.49. The molecule has 1 aliphatic rings. The van der Waals surface area contributed by atoms with Crippen molar-refractivity contribution in [3.05, 3.63) is 23.7 Å². The van der Waals surface area contributed by atoms with Gasteiger partial charge in [-0.1, -0.05) is 26.7 Å². The van der Waals surface area contributed by atoms with Crippen molar-refractivity contribution in [3.8, 4) is 0 Å². The second-order valence-corrected chi connectivity index (χ2v) is 5.49. The fourth-order valence-electron chi connectivity index (χ4n) is 2.85. The first-order chi connectivity index (χ1) is 8.28. The molecule has 0 radical (unpaired) electrons. The summed E-state index contributed by atoms with van der Waals surface area (Å²) in [6.45, 7) is 6.53. The summed E-state index contributed by atoms with van der Waals surface area (Å²) in [6.07, 6.45) is 6.62. The van der Waals surface area contributed by atoms with Crippen LogP contribution in [-0.2, 0) is 13.0 Å². The Labute approximate surface area is 105 Å². The van der Waals surface area contributed by atoms with Crippen LogP contribution in [0.15, 0.2) is 16.5 Å². The molecule has 2 atom stereocenters. The highest BCUT2D eigenvalue weighted by atomic mass is 16.3. The Kier molecular flexibility index (Phi) is 4.66. The van der Waals surface area contributed by atoms with Crippen LogP contribution in [0.4, 0.5) is 0 Å². The maximum absolute atomic E-state index is 5.68. The van der Waals surface area contributed by atoms with E-state index in [1.54, 1.807) is 0 Å². The van der Waals surface area contributed by atoms with Gasteiger partial charge in [-0.25, -0.2) is 0 Å². The maximum Gasteiger partial charge on any atom is 0.117 e. The highest BCUT2D eigenvalue weighted by molar-refractivity contribution is 5.06. The van der Waals surface area contributed by atoms with E-state index in [4.69, 9.17) is 4.42 Å². The first-order valence-corrected chi connectivity index (χ1v) is 7.06. The zero-order chi connectivity index (χ0) is 12.1. The average Bonchev–Trinajstić information content (AvgIpc) is 2.77. The summed E-state index contributed by atoms with van der Waals surface area (Å²) in [5.74, 6) is 3.96. The Morgan fingerprint density at radius 1 is 1.29 bits per heavy atom. The van der Waals surface area contributed by atoms with E-state index in [1.807, 2.05) is 0 Å². The van der Waals surface area contributed by atoms with Crippen molar-refractivity contribution in [1.29, 1.82) is 0 Å². The van der Waals surface area contributed by atoms with Crippen LogP contribution in [0.5, 0.6) is 0 Å². The smallest absolute Gasteiger partial charge is 0.117 e. The first-order valence-electron chi connectivity index (χ1n) is 7.06. The molecule has 2 rings (SSSR count). The summed E-state index contributed by atoms with van der Waals surface area (Å²) < 4.78 is 5.68. The normalized spacial score (nSPS) is 25.1. The standard InChI is InChI=1S/C15H25NO/c1-3-14-7-8-15(17-14)11-16-10-13-6-4-5-12(2)9-13/h7-8,12-13,16H,3-6,9-11H2,1-2H3. The quantitative estimate of drug-likeness (QED) is 0.840. The van der Waals surface area contributed by atoms with Gasteiger partial charge in [0.05, 0.1) is 6.54 Å². The van der Waals surface area contributed by atoms with Crippen LogP contribution in [0, 0.1) is 11.8 Å². The molecule has 2 unspecified atom stereocenters. The zero-order valence-electron chi connectivity index (χ0n) is 11.2. The molecule has 1 heterocycles. The monoisotopic (exact) mass is 235 g/mol. The van der Waals surface area contributed by atoms with Crippen LogP contribution in [0.2, 0.25) is 0 Å². The molecule has 0 aromatic carbocycles. The predicted molar refractivity (Wildman–Crippen MR) is 70.9 cm³/mol. The van der Waals surface area contributed by atoms with Gasteiger partial charge in [-0.15, -0.1) is 0 Å². The second kappa shape index (κ2) is 6.25. The molecule has 1 aromatic rings. The van der Waals surface area contributed by atoms with E-state index in [-0.39, 0.29) is 0 Å². The molecule has 2 heteroatoms. The number of nitrogens with one attached hydrogen (secondary N) is 1. The van der Waals surface area contributed by atoms with E-state index in [1.165, 1.54) is 25.7 Å². The van der Waals surface area contributed by atoms with Crippen molar-refractivity contribution in [3.63, 3.8) is 0 Å². The molecule has 0 amide bonds. The molecule has 1 aromatic heterocycles. The molecule has 2 nitrogen and oxygen atoms in total. The summed E-state index contributed by atoms with van der Waals surface area (Å²) in [5.41, 5.74) is 0.